The lowest BCUT2D eigenvalue weighted by molar-refractivity contribution is 1.06. The SMILES string of the molecule is C#Cc1ccc(-n2cnc(C)c2)c(N)c1. The monoisotopic (exact) mass is 197 g/mol. The predicted octanol–water partition coefficient (Wildman–Crippen LogP) is 1.74. The van der Waals surface area contributed by atoms with Crippen molar-refractivity contribution in [3.05, 3.63) is 42.0 Å². The Kier molecular flexibility index (Phi) is 2.18. The third-order valence-electron chi connectivity index (χ3n) is 2.18. The number of hydrogen-bond acceptors (Lipinski definition) is 2. The van der Waals surface area contributed by atoms with E-state index in [4.69, 9.17) is 12.2 Å². The highest BCUT2D eigenvalue weighted by atomic mass is 15.0. The van der Waals surface area contributed by atoms with E-state index in [9.17, 15) is 0 Å². The third kappa shape index (κ3) is 1.70. The van der Waals surface area contributed by atoms with Crippen LogP contribution in [0.25, 0.3) is 5.69 Å². The fourth-order valence-electron chi connectivity index (χ4n) is 1.43. The molecule has 0 saturated heterocycles. The number of imidazole rings is 1. The fraction of sp³-hybridized carbons (Fsp3) is 0.0833. The molecule has 0 aliphatic rings. The molecule has 0 saturated carbocycles. The zero-order chi connectivity index (χ0) is 10.8. The molecule has 1 aromatic carbocycles. The Balaban J connectivity index is 2.51. The van der Waals surface area contributed by atoms with Crippen LogP contribution in [-0.4, -0.2) is 9.55 Å². The fourth-order valence-corrected chi connectivity index (χ4v) is 1.43. The standard InChI is InChI=1S/C12H11N3/c1-3-10-4-5-12(11(13)6-10)15-7-9(2)14-8-15/h1,4-8H,13H2,2H3. The molecule has 0 aliphatic heterocycles. The van der Waals surface area contributed by atoms with E-state index in [1.807, 2.05) is 29.8 Å². The third-order valence-corrected chi connectivity index (χ3v) is 2.18. The zero-order valence-electron chi connectivity index (χ0n) is 8.44. The first-order chi connectivity index (χ1) is 7.20. The quantitative estimate of drug-likeness (QED) is 0.559. The molecular formula is C12H11N3. The van der Waals surface area contributed by atoms with Crippen LogP contribution in [0.15, 0.2) is 30.7 Å². The minimum Gasteiger partial charge on any atom is -0.397 e. The number of nitrogens with two attached hydrogens (primary N) is 1. The van der Waals surface area contributed by atoms with Crippen LogP contribution in [-0.2, 0) is 0 Å². The first kappa shape index (κ1) is 9.35. The lowest BCUT2D eigenvalue weighted by atomic mass is 10.2. The molecule has 2 rings (SSSR count). The van der Waals surface area contributed by atoms with Gasteiger partial charge >= 0.3 is 0 Å². The van der Waals surface area contributed by atoms with Crippen molar-refractivity contribution in [3.8, 4) is 18.0 Å². The largest absolute Gasteiger partial charge is 0.397 e. The average molecular weight is 197 g/mol. The minimum atomic E-state index is 0.655. The van der Waals surface area contributed by atoms with Gasteiger partial charge in [0, 0.05) is 11.8 Å². The van der Waals surface area contributed by atoms with Crippen LogP contribution in [0.1, 0.15) is 11.3 Å². The van der Waals surface area contributed by atoms with Crippen molar-refractivity contribution < 1.29 is 0 Å². The van der Waals surface area contributed by atoms with E-state index >= 15 is 0 Å². The maximum Gasteiger partial charge on any atom is 0.0995 e. The summed E-state index contributed by atoms with van der Waals surface area (Å²) < 4.78 is 1.88. The normalized spacial score (nSPS) is 9.87. The predicted molar refractivity (Wildman–Crippen MR) is 60.6 cm³/mol. The number of rotatable bonds is 1. The summed E-state index contributed by atoms with van der Waals surface area (Å²) in [4.78, 5) is 4.14. The number of aromatic nitrogens is 2. The van der Waals surface area contributed by atoms with E-state index in [1.54, 1.807) is 12.4 Å². The molecule has 2 aromatic rings. The number of hydrogen-bond donors (Lipinski definition) is 1. The summed E-state index contributed by atoms with van der Waals surface area (Å²) >= 11 is 0. The van der Waals surface area contributed by atoms with E-state index in [0.717, 1.165) is 16.9 Å². The van der Waals surface area contributed by atoms with Gasteiger partial charge in [-0.25, -0.2) is 4.98 Å². The second kappa shape index (κ2) is 3.50. The molecule has 2 N–H and O–H groups in total. The molecule has 74 valence electrons. The molecule has 1 aromatic heterocycles. The number of anilines is 1. The van der Waals surface area contributed by atoms with Crippen LogP contribution in [0.2, 0.25) is 0 Å². The molecule has 3 heteroatoms. The van der Waals surface area contributed by atoms with Crippen LogP contribution in [0.3, 0.4) is 0 Å². The summed E-state index contributed by atoms with van der Waals surface area (Å²) in [6, 6.07) is 5.54. The first-order valence-corrected chi connectivity index (χ1v) is 4.58. The Hall–Kier alpha value is -2.21. The zero-order valence-corrected chi connectivity index (χ0v) is 8.44. The smallest absolute Gasteiger partial charge is 0.0995 e. The van der Waals surface area contributed by atoms with Gasteiger partial charge in [-0.3, -0.25) is 0 Å². The minimum absolute atomic E-state index is 0.655. The van der Waals surface area contributed by atoms with E-state index in [2.05, 4.69) is 10.9 Å². The van der Waals surface area contributed by atoms with Crippen molar-refractivity contribution in [2.45, 2.75) is 6.92 Å². The Morgan fingerprint density at radius 2 is 2.27 bits per heavy atom. The van der Waals surface area contributed by atoms with Gasteiger partial charge in [-0.15, -0.1) is 6.42 Å². The molecule has 0 radical (unpaired) electrons. The summed E-state index contributed by atoms with van der Waals surface area (Å²) in [5, 5.41) is 0. The van der Waals surface area contributed by atoms with Crippen molar-refractivity contribution in [2.24, 2.45) is 0 Å². The van der Waals surface area contributed by atoms with E-state index in [1.165, 1.54) is 0 Å². The van der Waals surface area contributed by atoms with Gasteiger partial charge in [0.25, 0.3) is 0 Å². The van der Waals surface area contributed by atoms with Crippen LogP contribution >= 0.6 is 0 Å². The highest BCUT2D eigenvalue weighted by Crippen LogP contribution is 2.18. The van der Waals surface area contributed by atoms with E-state index in [0.29, 0.717) is 5.69 Å². The van der Waals surface area contributed by atoms with Crippen molar-refractivity contribution in [2.75, 3.05) is 5.73 Å². The van der Waals surface area contributed by atoms with Crippen molar-refractivity contribution >= 4 is 5.69 Å². The molecule has 0 atom stereocenters. The van der Waals surface area contributed by atoms with E-state index < -0.39 is 0 Å². The molecule has 0 fully saturated rings. The average Bonchev–Trinajstić information content (AvgIpc) is 2.64. The van der Waals surface area contributed by atoms with Gasteiger partial charge in [0.05, 0.1) is 23.4 Å². The molecule has 1 heterocycles. The highest BCUT2D eigenvalue weighted by Gasteiger charge is 2.02. The maximum atomic E-state index is 5.89. The van der Waals surface area contributed by atoms with Gasteiger partial charge in [-0.2, -0.15) is 0 Å². The van der Waals surface area contributed by atoms with Crippen LogP contribution in [0.5, 0.6) is 0 Å². The van der Waals surface area contributed by atoms with Crippen LogP contribution in [0.4, 0.5) is 5.69 Å². The highest BCUT2D eigenvalue weighted by molar-refractivity contribution is 5.61. The van der Waals surface area contributed by atoms with Gasteiger partial charge < -0.3 is 10.3 Å². The van der Waals surface area contributed by atoms with E-state index in [-0.39, 0.29) is 0 Å². The van der Waals surface area contributed by atoms with Crippen molar-refractivity contribution in [1.82, 2.24) is 9.55 Å². The summed E-state index contributed by atoms with van der Waals surface area (Å²) in [6.07, 6.45) is 8.94. The number of terminal acetylenes is 1. The molecule has 15 heavy (non-hydrogen) atoms. The summed E-state index contributed by atoms with van der Waals surface area (Å²) in [6.45, 7) is 1.93. The second-order valence-corrected chi connectivity index (χ2v) is 3.34. The number of aryl methyl sites for hydroxylation is 1. The van der Waals surface area contributed by atoms with Gasteiger partial charge in [0.1, 0.15) is 0 Å². The Morgan fingerprint density at radius 1 is 1.47 bits per heavy atom. The first-order valence-electron chi connectivity index (χ1n) is 4.58. The molecule has 0 spiro atoms. The Morgan fingerprint density at radius 3 is 2.80 bits per heavy atom. The number of nitrogens with zero attached hydrogens (tertiary/aromatic N) is 2. The lowest BCUT2D eigenvalue weighted by Gasteiger charge is -2.06. The van der Waals surface area contributed by atoms with Crippen molar-refractivity contribution in [1.29, 1.82) is 0 Å². The van der Waals surface area contributed by atoms with Crippen LogP contribution < -0.4 is 5.73 Å². The molecule has 0 unspecified atom stereocenters. The summed E-state index contributed by atoms with van der Waals surface area (Å²) in [7, 11) is 0. The van der Waals surface area contributed by atoms with Crippen LogP contribution in [0, 0.1) is 19.3 Å². The van der Waals surface area contributed by atoms with Crippen molar-refractivity contribution in [3.63, 3.8) is 0 Å². The number of nitrogen functional groups attached to an aromatic ring is 1. The molecule has 0 aliphatic carbocycles. The second-order valence-electron chi connectivity index (χ2n) is 3.34. The lowest BCUT2D eigenvalue weighted by Crippen LogP contribution is -1.97. The molecule has 0 bridgehead atoms. The molecule has 0 amide bonds. The molecular weight excluding hydrogens is 186 g/mol. The summed E-state index contributed by atoms with van der Waals surface area (Å²) in [5.41, 5.74) is 9.19. The van der Waals surface area contributed by atoms with Gasteiger partial charge in [0.2, 0.25) is 0 Å². The van der Waals surface area contributed by atoms with Gasteiger partial charge in [0.15, 0.2) is 0 Å². The summed E-state index contributed by atoms with van der Waals surface area (Å²) in [5.74, 6) is 2.55. The number of benzene rings is 1. The maximum absolute atomic E-state index is 5.89. The molecule has 3 nitrogen and oxygen atoms in total. The van der Waals surface area contributed by atoms with Gasteiger partial charge in [-0.1, -0.05) is 5.92 Å². The topological polar surface area (TPSA) is 43.8 Å². The van der Waals surface area contributed by atoms with Gasteiger partial charge in [-0.05, 0) is 25.1 Å². The Bertz CT molecular complexity index is 532. The Labute approximate surface area is 88.6 Å².